The molecular formula is C18H25N5O2. The van der Waals surface area contributed by atoms with Crippen LogP contribution in [-0.4, -0.2) is 46.9 Å². The average molecular weight is 343 g/mol. The fraction of sp³-hybridized carbons (Fsp3) is 0.500. The summed E-state index contributed by atoms with van der Waals surface area (Å²) in [7, 11) is 1.66. The highest BCUT2D eigenvalue weighted by Gasteiger charge is 2.20. The first kappa shape index (κ1) is 17.4. The molecule has 1 aliphatic heterocycles. The van der Waals surface area contributed by atoms with Crippen LogP contribution in [0, 0.1) is 6.92 Å². The van der Waals surface area contributed by atoms with Crippen LogP contribution in [0.25, 0.3) is 0 Å². The topological polar surface area (TPSA) is 81.1 Å². The Bertz CT molecular complexity index is 728. The molecule has 1 aliphatic rings. The van der Waals surface area contributed by atoms with Gasteiger partial charge in [-0.15, -0.1) is 0 Å². The number of para-hydroxylation sites is 1. The van der Waals surface area contributed by atoms with Crippen molar-refractivity contribution < 1.29 is 9.53 Å². The van der Waals surface area contributed by atoms with Crippen molar-refractivity contribution in [3.8, 4) is 5.75 Å². The second-order valence-corrected chi connectivity index (χ2v) is 6.29. The molecule has 0 aliphatic carbocycles. The van der Waals surface area contributed by atoms with Crippen molar-refractivity contribution in [3.05, 3.63) is 41.5 Å². The summed E-state index contributed by atoms with van der Waals surface area (Å²) in [5, 5.41) is 10.7. The Morgan fingerprint density at radius 2 is 2.24 bits per heavy atom. The molecule has 2 aromatic rings. The molecule has 134 valence electrons. The fourth-order valence-electron chi connectivity index (χ4n) is 3.15. The molecule has 1 amide bonds. The van der Waals surface area contributed by atoms with Crippen LogP contribution in [0.3, 0.4) is 0 Å². The maximum Gasteiger partial charge on any atom is 0.233 e. The molecule has 0 bridgehead atoms. The van der Waals surface area contributed by atoms with Gasteiger partial charge in [-0.25, -0.2) is 9.67 Å². The van der Waals surface area contributed by atoms with E-state index in [0.29, 0.717) is 13.1 Å². The van der Waals surface area contributed by atoms with Crippen molar-refractivity contribution in [2.45, 2.75) is 38.8 Å². The number of aromatic nitrogens is 3. The number of carbonyl (C=O) groups is 1. The zero-order valence-corrected chi connectivity index (χ0v) is 14.8. The molecule has 0 saturated carbocycles. The van der Waals surface area contributed by atoms with E-state index in [4.69, 9.17) is 4.74 Å². The number of aryl methyl sites for hydroxylation is 2. The van der Waals surface area contributed by atoms with Crippen molar-refractivity contribution in [3.63, 3.8) is 0 Å². The lowest BCUT2D eigenvalue weighted by Gasteiger charge is -2.23. The lowest BCUT2D eigenvalue weighted by molar-refractivity contribution is -0.120. The number of ether oxygens (including phenoxy) is 1. The lowest BCUT2D eigenvalue weighted by atomic mass is 10.1. The van der Waals surface area contributed by atoms with Gasteiger partial charge in [0.1, 0.15) is 17.4 Å². The summed E-state index contributed by atoms with van der Waals surface area (Å²) in [6, 6.07) is 8.13. The van der Waals surface area contributed by atoms with Crippen LogP contribution >= 0.6 is 0 Å². The number of methoxy groups -OCH3 is 1. The molecule has 2 N–H and O–H groups in total. The van der Waals surface area contributed by atoms with Crippen LogP contribution in [0.5, 0.6) is 5.75 Å². The SMILES string of the molecule is COc1ccccc1CCNC(=O)CN[C@@H]1CCc2nc(C)nn2C1. The quantitative estimate of drug-likeness (QED) is 0.779. The molecule has 0 saturated heterocycles. The van der Waals surface area contributed by atoms with Gasteiger partial charge in [0.2, 0.25) is 5.91 Å². The predicted octanol–water partition coefficient (Wildman–Crippen LogP) is 0.858. The Hall–Kier alpha value is -2.41. The third-order valence-corrected chi connectivity index (χ3v) is 4.42. The largest absolute Gasteiger partial charge is 0.496 e. The minimum atomic E-state index is 0.00969. The molecule has 7 nitrogen and oxygen atoms in total. The minimum Gasteiger partial charge on any atom is -0.496 e. The second-order valence-electron chi connectivity index (χ2n) is 6.29. The van der Waals surface area contributed by atoms with Crippen LogP contribution in [0.15, 0.2) is 24.3 Å². The number of benzene rings is 1. The molecule has 25 heavy (non-hydrogen) atoms. The Morgan fingerprint density at radius 1 is 1.40 bits per heavy atom. The summed E-state index contributed by atoms with van der Waals surface area (Å²) in [5.41, 5.74) is 1.10. The van der Waals surface area contributed by atoms with Crippen molar-refractivity contribution in [1.82, 2.24) is 25.4 Å². The highest BCUT2D eigenvalue weighted by molar-refractivity contribution is 5.78. The molecule has 7 heteroatoms. The minimum absolute atomic E-state index is 0.00969. The first-order valence-corrected chi connectivity index (χ1v) is 8.68. The summed E-state index contributed by atoms with van der Waals surface area (Å²) in [6.45, 7) is 3.59. The fourth-order valence-corrected chi connectivity index (χ4v) is 3.15. The molecule has 3 rings (SSSR count). The second kappa shape index (κ2) is 8.11. The van der Waals surface area contributed by atoms with E-state index >= 15 is 0 Å². The molecule has 1 aromatic carbocycles. The van der Waals surface area contributed by atoms with Crippen molar-refractivity contribution in [1.29, 1.82) is 0 Å². The number of nitrogens with zero attached hydrogens (tertiary/aromatic N) is 3. The Kier molecular flexibility index (Phi) is 5.65. The first-order chi connectivity index (χ1) is 12.2. The van der Waals surface area contributed by atoms with E-state index in [0.717, 1.165) is 48.8 Å². The summed E-state index contributed by atoms with van der Waals surface area (Å²) in [4.78, 5) is 16.4. The average Bonchev–Trinajstić information content (AvgIpc) is 2.99. The number of amides is 1. The van der Waals surface area contributed by atoms with Gasteiger partial charge in [0.25, 0.3) is 0 Å². The van der Waals surface area contributed by atoms with Gasteiger partial charge in [-0.1, -0.05) is 18.2 Å². The van der Waals surface area contributed by atoms with E-state index in [2.05, 4.69) is 20.7 Å². The van der Waals surface area contributed by atoms with Gasteiger partial charge in [-0.2, -0.15) is 5.10 Å². The molecule has 0 radical (unpaired) electrons. The first-order valence-electron chi connectivity index (χ1n) is 8.68. The molecule has 1 aromatic heterocycles. The highest BCUT2D eigenvalue weighted by Crippen LogP contribution is 2.17. The lowest BCUT2D eigenvalue weighted by Crippen LogP contribution is -2.43. The molecule has 0 spiro atoms. The maximum absolute atomic E-state index is 12.0. The van der Waals surface area contributed by atoms with Gasteiger partial charge in [0, 0.05) is 19.0 Å². The van der Waals surface area contributed by atoms with Crippen LogP contribution in [0.2, 0.25) is 0 Å². The Balaban J connectivity index is 1.39. The number of hydrogen-bond acceptors (Lipinski definition) is 5. The van der Waals surface area contributed by atoms with E-state index in [1.165, 1.54) is 0 Å². The summed E-state index contributed by atoms with van der Waals surface area (Å²) < 4.78 is 7.26. The Labute approximate surface area is 147 Å². The molecule has 0 unspecified atom stereocenters. The van der Waals surface area contributed by atoms with E-state index < -0.39 is 0 Å². The van der Waals surface area contributed by atoms with E-state index in [1.807, 2.05) is 35.9 Å². The molecule has 0 fully saturated rings. The zero-order valence-electron chi connectivity index (χ0n) is 14.8. The van der Waals surface area contributed by atoms with E-state index in [-0.39, 0.29) is 11.9 Å². The van der Waals surface area contributed by atoms with Gasteiger partial charge in [0.05, 0.1) is 20.2 Å². The van der Waals surface area contributed by atoms with Crippen LogP contribution in [0.4, 0.5) is 0 Å². The normalized spacial score (nSPS) is 16.3. The molecule has 1 atom stereocenters. The van der Waals surface area contributed by atoms with Crippen LogP contribution < -0.4 is 15.4 Å². The maximum atomic E-state index is 12.0. The number of nitrogens with one attached hydrogen (secondary N) is 2. The number of rotatable bonds is 7. The van der Waals surface area contributed by atoms with Crippen molar-refractivity contribution in [2.75, 3.05) is 20.2 Å². The monoisotopic (exact) mass is 343 g/mol. The zero-order chi connectivity index (χ0) is 17.6. The summed E-state index contributed by atoms with van der Waals surface area (Å²) in [5.74, 6) is 2.72. The summed E-state index contributed by atoms with van der Waals surface area (Å²) in [6.07, 6.45) is 2.63. The number of fused-ring (bicyclic) bond motifs is 1. The third-order valence-electron chi connectivity index (χ3n) is 4.42. The van der Waals surface area contributed by atoms with Crippen LogP contribution in [-0.2, 0) is 24.2 Å². The van der Waals surface area contributed by atoms with Crippen molar-refractivity contribution >= 4 is 5.91 Å². The third kappa shape index (κ3) is 4.57. The molecule has 2 heterocycles. The van der Waals surface area contributed by atoms with Gasteiger partial charge in [-0.05, 0) is 31.4 Å². The molecular weight excluding hydrogens is 318 g/mol. The predicted molar refractivity (Wildman–Crippen MR) is 94.6 cm³/mol. The standard InChI is InChI=1S/C18H25N5O2/c1-13-21-17-8-7-15(12-23(17)22-13)20-11-18(24)19-10-9-14-5-3-4-6-16(14)25-2/h3-6,15,20H,7-12H2,1-2H3,(H,19,24)/t15-/m1/s1. The highest BCUT2D eigenvalue weighted by atomic mass is 16.5. The van der Waals surface area contributed by atoms with Crippen molar-refractivity contribution in [2.24, 2.45) is 0 Å². The van der Waals surface area contributed by atoms with E-state index in [1.54, 1.807) is 7.11 Å². The number of hydrogen-bond donors (Lipinski definition) is 2. The van der Waals surface area contributed by atoms with Gasteiger partial charge in [0.15, 0.2) is 0 Å². The number of carbonyl (C=O) groups excluding carboxylic acids is 1. The van der Waals surface area contributed by atoms with Gasteiger partial charge < -0.3 is 15.4 Å². The summed E-state index contributed by atoms with van der Waals surface area (Å²) >= 11 is 0. The Morgan fingerprint density at radius 3 is 3.08 bits per heavy atom. The van der Waals surface area contributed by atoms with Gasteiger partial charge >= 0.3 is 0 Å². The van der Waals surface area contributed by atoms with Gasteiger partial charge in [-0.3, -0.25) is 4.79 Å². The smallest absolute Gasteiger partial charge is 0.233 e. The van der Waals surface area contributed by atoms with Crippen LogP contribution in [0.1, 0.15) is 23.6 Å². The van der Waals surface area contributed by atoms with E-state index in [9.17, 15) is 4.79 Å².